The third-order valence-corrected chi connectivity index (χ3v) is 6.53. The zero-order valence-corrected chi connectivity index (χ0v) is 22.7. The second kappa shape index (κ2) is 20.2. The Bertz CT molecular complexity index is 711. The molecule has 6 N–H and O–H groups in total. The number of aliphatic hydroxyl groups is 6. The minimum absolute atomic E-state index is 0.214. The fourth-order valence-corrected chi connectivity index (χ4v) is 4.02. The van der Waals surface area contributed by atoms with Gasteiger partial charge in [0.1, 0.15) is 12.7 Å². The lowest BCUT2D eigenvalue weighted by Gasteiger charge is -2.29. The summed E-state index contributed by atoms with van der Waals surface area (Å²) in [7, 11) is 0. The van der Waals surface area contributed by atoms with Gasteiger partial charge >= 0.3 is 11.8 Å². The summed E-state index contributed by atoms with van der Waals surface area (Å²) in [6.07, 6.45) is 14.3. The summed E-state index contributed by atoms with van der Waals surface area (Å²) in [6.45, 7) is -2.22. The zero-order chi connectivity index (χ0) is 29.0. The van der Waals surface area contributed by atoms with Gasteiger partial charge in [-0.3, -0.25) is 19.2 Å². The van der Waals surface area contributed by atoms with Crippen molar-refractivity contribution in [2.24, 2.45) is 0 Å². The molecule has 222 valence electrons. The average molecular weight is 549 g/mol. The molecule has 0 bridgehead atoms. The topological polar surface area (TPSA) is 199 Å². The molecule has 3 atom stereocenters. The molecular formula is C27H48O11. The number of unbranched alkanes of at least 4 members (excludes halogenated alkanes) is 14. The highest BCUT2D eigenvalue weighted by molar-refractivity contribution is 6.47. The number of carbonyl (C=O) groups is 4. The molecule has 0 aliphatic heterocycles. The van der Waals surface area contributed by atoms with Crippen LogP contribution in [0.25, 0.3) is 0 Å². The monoisotopic (exact) mass is 548 g/mol. The van der Waals surface area contributed by atoms with Gasteiger partial charge in [-0.2, -0.15) is 0 Å². The maximum absolute atomic E-state index is 12.4. The van der Waals surface area contributed by atoms with Crippen molar-refractivity contribution in [1.82, 2.24) is 0 Å². The van der Waals surface area contributed by atoms with E-state index in [1.165, 1.54) is 57.8 Å². The first kappa shape index (κ1) is 36.2. The Labute approximate surface area is 225 Å². The van der Waals surface area contributed by atoms with Gasteiger partial charge in [-0.25, -0.2) is 0 Å². The predicted octanol–water partition coefficient (Wildman–Crippen LogP) is 1.26. The van der Waals surface area contributed by atoms with Crippen LogP contribution in [0, 0.1) is 0 Å². The molecule has 0 aliphatic rings. The zero-order valence-electron chi connectivity index (χ0n) is 22.7. The van der Waals surface area contributed by atoms with Crippen molar-refractivity contribution in [1.29, 1.82) is 0 Å². The Hall–Kier alpha value is -1.76. The van der Waals surface area contributed by atoms with Gasteiger partial charge in [0.05, 0.1) is 13.2 Å². The van der Waals surface area contributed by atoms with Gasteiger partial charge < -0.3 is 35.4 Å². The van der Waals surface area contributed by atoms with E-state index in [0.29, 0.717) is 12.8 Å². The van der Waals surface area contributed by atoms with E-state index < -0.39 is 60.6 Å². The Kier molecular flexibility index (Phi) is 19.3. The Morgan fingerprint density at radius 1 is 0.658 bits per heavy atom. The highest BCUT2D eigenvalue weighted by Crippen LogP contribution is 2.19. The van der Waals surface area contributed by atoms with Crippen molar-refractivity contribution >= 4 is 23.3 Å². The molecule has 0 aromatic heterocycles. The van der Waals surface area contributed by atoms with E-state index in [2.05, 4.69) is 11.7 Å². The lowest BCUT2D eigenvalue weighted by atomic mass is 9.86. The molecule has 0 saturated heterocycles. The largest absolute Gasteiger partial charge is 0.422 e. The summed E-state index contributed by atoms with van der Waals surface area (Å²) in [5.41, 5.74) is -3.51. The fourth-order valence-electron chi connectivity index (χ4n) is 4.02. The van der Waals surface area contributed by atoms with E-state index in [1.807, 2.05) is 0 Å². The minimum Gasteiger partial charge on any atom is -0.422 e. The first-order valence-corrected chi connectivity index (χ1v) is 13.8. The van der Waals surface area contributed by atoms with Gasteiger partial charge in [0.2, 0.25) is 17.2 Å². The van der Waals surface area contributed by atoms with Crippen LogP contribution in [-0.4, -0.2) is 91.3 Å². The number of ether oxygens (including phenoxy) is 1. The predicted molar refractivity (Wildman–Crippen MR) is 138 cm³/mol. The van der Waals surface area contributed by atoms with Crippen LogP contribution in [0.4, 0.5) is 0 Å². The first-order chi connectivity index (χ1) is 18.0. The van der Waals surface area contributed by atoms with Crippen LogP contribution >= 0.6 is 0 Å². The summed E-state index contributed by atoms with van der Waals surface area (Å²) in [5, 5.41) is 57.1. The van der Waals surface area contributed by atoms with Crippen molar-refractivity contribution in [2.45, 2.75) is 127 Å². The smallest absolute Gasteiger partial charge is 0.308 e. The number of rotatable bonds is 25. The quantitative estimate of drug-likeness (QED) is 0.0315. The van der Waals surface area contributed by atoms with Gasteiger partial charge in [-0.1, -0.05) is 96.8 Å². The normalized spacial score (nSPS) is 15.3. The van der Waals surface area contributed by atoms with Crippen LogP contribution in [0.2, 0.25) is 0 Å². The van der Waals surface area contributed by atoms with Gasteiger partial charge in [-0.15, -0.1) is 0 Å². The van der Waals surface area contributed by atoms with E-state index in [1.54, 1.807) is 0 Å². The molecule has 0 rings (SSSR count). The maximum Gasteiger partial charge on any atom is 0.308 e. The highest BCUT2D eigenvalue weighted by atomic mass is 16.7. The van der Waals surface area contributed by atoms with Crippen molar-refractivity contribution in [3.8, 4) is 0 Å². The second-order valence-electron chi connectivity index (χ2n) is 9.86. The van der Waals surface area contributed by atoms with Crippen molar-refractivity contribution in [3.05, 3.63) is 0 Å². The Morgan fingerprint density at radius 3 is 1.45 bits per heavy atom. The van der Waals surface area contributed by atoms with Gasteiger partial charge in [0, 0.05) is 6.42 Å². The lowest BCUT2D eigenvalue weighted by molar-refractivity contribution is -0.221. The molecule has 0 aliphatic carbocycles. The molecule has 0 saturated carbocycles. The van der Waals surface area contributed by atoms with E-state index in [0.717, 1.165) is 25.7 Å². The number of aliphatic hydroxyl groups excluding tert-OH is 4. The lowest BCUT2D eigenvalue weighted by Crippen LogP contribution is -2.62. The summed E-state index contributed by atoms with van der Waals surface area (Å²) in [4.78, 5) is 48.7. The SMILES string of the molecule is CCCCCCCCCCCCCCCCCC(=O)OC(O)(CO)C(=O)C(=O)C(O)(CO)C(=O)C(O)CO. The molecule has 0 heterocycles. The maximum atomic E-state index is 12.4. The van der Waals surface area contributed by atoms with Crippen LogP contribution in [0.3, 0.4) is 0 Å². The molecule has 0 fully saturated rings. The van der Waals surface area contributed by atoms with Crippen LogP contribution in [0.15, 0.2) is 0 Å². The molecule has 11 nitrogen and oxygen atoms in total. The molecule has 0 aromatic carbocycles. The number of esters is 1. The van der Waals surface area contributed by atoms with E-state index in [4.69, 9.17) is 5.11 Å². The van der Waals surface area contributed by atoms with Crippen molar-refractivity contribution < 1.29 is 54.6 Å². The van der Waals surface area contributed by atoms with E-state index >= 15 is 0 Å². The number of hydrogen-bond donors (Lipinski definition) is 6. The van der Waals surface area contributed by atoms with Crippen molar-refractivity contribution in [3.63, 3.8) is 0 Å². The number of ketones is 3. The average Bonchev–Trinajstić information content (AvgIpc) is 2.92. The molecule has 0 radical (unpaired) electrons. The first-order valence-electron chi connectivity index (χ1n) is 13.8. The fraction of sp³-hybridized carbons (Fsp3) is 0.852. The van der Waals surface area contributed by atoms with Gasteiger partial charge in [-0.05, 0) is 6.42 Å². The summed E-state index contributed by atoms with van der Waals surface area (Å²) in [5.74, 6) is -10.5. The molecule has 11 heteroatoms. The molecule has 0 aromatic rings. The standard InChI is InChI=1S/C27H48O11/c1-2-3-4-5-6-7-8-9-10-11-12-13-14-15-16-17-22(32)38-27(37,20-30)25(35)24(34)26(36,19-29)23(33)21(31)18-28/h21,28-31,36-37H,2-20H2,1H3. The molecular weight excluding hydrogens is 500 g/mol. The number of hydrogen-bond acceptors (Lipinski definition) is 11. The van der Waals surface area contributed by atoms with Crippen LogP contribution in [0.5, 0.6) is 0 Å². The minimum atomic E-state index is -3.51. The van der Waals surface area contributed by atoms with Crippen molar-refractivity contribution in [2.75, 3.05) is 19.8 Å². The number of carbonyl (C=O) groups excluding carboxylic acids is 4. The van der Waals surface area contributed by atoms with E-state index in [9.17, 15) is 44.7 Å². The van der Waals surface area contributed by atoms with Gasteiger partial charge in [0.25, 0.3) is 5.78 Å². The Morgan fingerprint density at radius 2 is 1.08 bits per heavy atom. The third kappa shape index (κ3) is 12.9. The molecule has 0 spiro atoms. The molecule has 38 heavy (non-hydrogen) atoms. The number of Topliss-reactive ketones (excluding diaryl/α,β-unsaturated/α-hetero) is 3. The van der Waals surface area contributed by atoms with Gasteiger partial charge in [0.15, 0.2) is 0 Å². The summed E-state index contributed by atoms with van der Waals surface area (Å²) < 4.78 is 4.58. The highest BCUT2D eigenvalue weighted by Gasteiger charge is 2.55. The van der Waals surface area contributed by atoms with Crippen LogP contribution in [-0.2, 0) is 23.9 Å². The molecule has 0 amide bonds. The van der Waals surface area contributed by atoms with Crippen LogP contribution < -0.4 is 0 Å². The molecule has 3 unspecified atom stereocenters. The second-order valence-corrected chi connectivity index (χ2v) is 9.86. The Balaban J connectivity index is 4.31. The summed E-state index contributed by atoms with van der Waals surface area (Å²) >= 11 is 0. The van der Waals surface area contributed by atoms with Crippen LogP contribution in [0.1, 0.15) is 110 Å². The third-order valence-electron chi connectivity index (χ3n) is 6.53. The summed E-state index contributed by atoms with van der Waals surface area (Å²) in [6, 6.07) is 0. The van der Waals surface area contributed by atoms with E-state index in [-0.39, 0.29) is 6.42 Å².